The summed E-state index contributed by atoms with van der Waals surface area (Å²) in [6, 6.07) is 5.91. The van der Waals surface area contributed by atoms with E-state index in [4.69, 9.17) is 12.2 Å². The van der Waals surface area contributed by atoms with Crippen LogP contribution in [0.5, 0.6) is 0 Å². The van der Waals surface area contributed by atoms with Gasteiger partial charge in [0, 0.05) is 12.0 Å². The van der Waals surface area contributed by atoms with E-state index < -0.39 is 23.1 Å². The maximum atomic E-state index is 13.3. The number of amides is 1. The molecule has 0 aromatic heterocycles. The summed E-state index contributed by atoms with van der Waals surface area (Å²) in [5, 5.41) is 9.91. The summed E-state index contributed by atoms with van der Waals surface area (Å²) >= 11 is 5.06. The Bertz CT molecular complexity index is 734. The molecule has 28 heavy (non-hydrogen) atoms. The second-order valence-corrected chi connectivity index (χ2v) is 8.69. The van der Waals surface area contributed by atoms with Crippen molar-refractivity contribution in [2.45, 2.75) is 65.3 Å². The number of piperidine rings is 1. The van der Waals surface area contributed by atoms with Crippen LogP contribution in [0, 0.1) is 17.2 Å². The number of ketones is 1. The fourth-order valence-corrected chi connectivity index (χ4v) is 4.10. The number of halogens is 1. The largest absolute Gasteiger partial charge is 0.500 e. The fraction of sp³-hybridized carbons (Fsp3) is 0.591. The topological polar surface area (TPSA) is 57.6 Å². The Balaban J connectivity index is 2.07. The molecule has 0 saturated carbocycles. The molecule has 2 unspecified atom stereocenters. The highest BCUT2D eigenvalue weighted by molar-refractivity contribution is 7.80. The summed E-state index contributed by atoms with van der Waals surface area (Å²) in [6.07, 6.45) is 4.44. The molecule has 0 aliphatic carbocycles. The highest BCUT2D eigenvalue weighted by Crippen LogP contribution is 2.31. The number of Topliss-reactive ketones (excluding diaryl/α,β-unsaturated/α-hetero) is 1. The van der Waals surface area contributed by atoms with Crippen molar-refractivity contribution >= 4 is 29.0 Å². The number of carbonyl (C=O) groups excluding carboxylic acids is 2. The number of aliphatic hydroxyl groups excluding tert-OH is 1. The Morgan fingerprint density at radius 2 is 2.07 bits per heavy atom. The van der Waals surface area contributed by atoms with Crippen LogP contribution < -0.4 is 0 Å². The normalized spacial score (nSPS) is 20.1. The molecule has 2 rings (SSSR count). The van der Waals surface area contributed by atoms with E-state index in [9.17, 15) is 19.1 Å². The zero-order valence-electron chi connectivity index (χ0n) is 16.9. The first-order chi connectivity index (χ1) is 13.2. The van der Waals surface area contributed by atoms with E-state index in [-0.39, 0.29) is 16.8 Å². The minimum atomic E-state index is -0.733. The van der Waals surface area contributed by atoms with Gasteiger partial charge in [0.15, 0.2) is 5.05 Å². The lowest BCUT2D eigenvalue weighted by molar-refractivity contribution is -0.151. The zero-order valence-corrected chi connectivity index (χ0v) is 17.7. The van der Waals surface area contributed by atoms with Crippen molar-refractivity contribution in [1.29, 1.82) is 0 Å². The predicted molar refractivity (Wildman–Crippen MR) is 112 cm³/mol. The number of likely N-dealkylation sites (tertiary alicyclic amines) is 1. The van der Waals surface area contributed by atoms with E-state index >= 15 is 0 Å². The van der Waals surface area contributed by atoms with Gasteiger partial charge >= 0.3 is 0 Å². The van der Waals surface area contributed by atoms with Gasteiger partial charge in [0.05, 0.1) is 0 Å². The van der Waals surface area contributed by atoms with Gasteiger partial charge in [-0.3, -0.25) is 9.59 Å². The quantitative estimate of drug-likeness (QED) is 0.504. The van der Waals surface area contributed by atoms with Crippen LogP contribution in [0.4, 0.5) is 4.39 Å². The summed E-state index contributed by atoms with van der Waals surface area (Å²) < 4.78 is 13.3. The highest BCUT2D eigenvalue weighted by Gasteiger charge is 2.42. The lowest BCUT2D eigenvalue weighted by Crippen LogP contribution is -2.55. The van der Waals surface area contributed by atoms with Crippen LogP contribution in [0.15, 0.2) is 24.3 Å². The fourth-order valence-electron chi connectivity index (χ4n) is 3.78. The first-order valence-electron chi connectivity index (χ1n) is 10.00. The second kappa shape index (κ2) is 9.59. The van der Waals surface area contributed by atoms with Gasteiger partial charge in [-0.2, -0.15) is 0 Å². The smallest absolute Gasteiger partial charge is 0.291 e. The standard InChI is InChI=1S/C22H30FNO3S/c1-4-22(2,3)19(25)20(26)24-13-7-11-16(18(24)21(27)28)10-5-8-15-9-6-12-17(23)14-15/h6,9,12,14,16,18H,4-5,7-8,10-11,13H2,1-3H3,(H,27,28). The highest BCUT2D eigenvalue weighted by atomic mass is 32.1. The lowest BCUT2D eigenvalue weighted by Gasteiger charge is -2.40. The van der Waals surface area contributed by atoms with Crippen molar-refractivity contribution in [3.8, 4) is 0 Å². The Labute approximate surface area is 172 Å². The van der Waals surface area contributed by atoms with Crippen LogP contribution in [0.3, 0.4) is 0 Å². The molecule has 1 fully saturated rings. The molecule has 0 bridgehead atoms. The number of benzene rings is 1. The molecule has 1 aromatic rings. The number of hydrogen-bond acceptors (Lipinski definition) is 3. The molecule has 2 atom stereocenters. The molecule has 154 valence electrons. The minimum Gasteiger partial charge on any atom is -0.500 e. The molecule has 1 aliphatic heterocycles. The number of carbonyl (C=O) groups is 2. The van der Waals surface area contributed by atoms with Gasteiger partial charge in [-0.25, -0.2) is 4.39 Å². The van der Waals surface area contributed by atoms with E-state index in [2.05, 4.69) is 0 Å². The van der Waals surface area contributed by atoms with Crippen molar-refractivity contribution in [3.63, 3.8) is 0 Å². The molecule has 0 spiro atoms. The van der Waals surface area contributed by atoms with Crippen molar-refractivity contribution < 1.29 is 19.1 Å². The maximum Gasteiger partial charge on any atom is 0.291 e. The van der Waals surface area contributed by atoms with E-state index in [1.165, 1.54) is 17.0 Å². The molecule has 1 saturated heterocycles. The first kappa shape index (κ1) is 22.5. The minimum absolute atomic E-state index is 0.00120. The predicted octanol–water partition coefficient (Wildman–Crippen LogP) is 4.65. The molecule has 1 aliphatic rings. The van der Waals surface area contributed by atoms with Crippen molar-refractivity contribution in [3.05, 3.63) is 35.6 Å². The average molecular weight is 408 g/mol. The number of aliphatic hydroxyl groups is 1. The summed E-state index contributed by atoms with van der Waals surface area (Å²) in [5.74, 6) is -1.24. The summed E-state index contributed by atoms with van der Waals surface area (Å²) in [4.78, 5) is 27.0. The molecular weight excluding hydrogens is 377 g/mol. The molecular formula is C22H30FNO3S. The Morgan fingerprint density at radius 3 is 2.68 bits per heavy atom. The van der Waals surface area contributed by atoms with Gasteiger partial charge in [-0.1, -0.05) is 32.9 Å². The van der Waals surface area contributed by atoms with E-state index in [0.29, 0.717) is 13.0 Å². The molecule has 1 N–H and O–H groups in total. The summed E-state index contributed by atoms with van der Waals surface area (Å²) in [7, 11) is 0. The molecule has 4 nitrogen and oxygen atoms in total. The van der Waals surface area contributed by atoms with Gasteiger partial charge in [-0.05, 0) is 74.4 Å². The summed E-state index contributed by atoms with van der Waals surface area (Å²) in [5.41, 5.74) is 0.190. The van der Waals surface area contributed by atoms with Crippen LogP contribution in [0.25, 0.3) is 0 Å². The average Bonchev–Trinajstić information content (AvgIpc) is 2.66. The van der Waals surface area contributed by atoms with E-state index in [0.717, 1.165) is 37.7 Å². The monoisotopic (exact) mass is 407 g/mol. The molecule has 1 amide bonds. The first-order valence-corrected chi connectivity index (χ1v) is 10.4. The zero-order chi connectivity index (χ0) is 20.9. The molecule has 1 aromatic carbocycles. The maximum absolute atomic E-state index is 13.3. The van der Waals surface area contributed by atoms with E-state index in [1.54, 1.807) is 19.9 Å². The summed E-state index contributed by atoms with van der Waals surface area (Å²) in [6.45, 7) is 5.83. The van der Waals surface area contributed by atoms with Crippen LogP contribution in [0.1, 0.15) is 58.4 Å². The van der Waals surface area contributed by atoms with Crippen molar-refractivity contribution in [2.75, 3.05) is 6.54 Å². The Hall–Kier alpha value is -1.82. The van der Waals surface area contributed by atoms with Crippen LogP contribution in [0.2, 0.25) is 0 Å². The van der Waals surface area contributed by atoms with E-state index in [1.807, 2.05) is 13.0 Å². The van der Waals surface area contributed by atoms with Crippen molar-refractivity contribution in [2.24, 2.45) is 11.3 Å². The van der Waals surface area contributed by atoms with Gasteiger partial charge in [0.2, 0.25) is 5.78 Å². The van der Waals surface area contributed by atoms with Gasteiger partial charge in [0.1, 0.15) is 11.9 Å². The second-order valence-electron chi connectivity index (χ2n) is 8.27. The SMILES string of the molecule is CCC(C)(C)C(=O)C(=O)N1CCCC(CCCc2cccc(F)c2)C1C(O)=S. The number of aryl methyl sites for hydroxylation is 1. The van der Waals surface area contributed by atoms with Crippen LogP contribution >= 0.6 is 12.2 Å². The Morgan fingerprint density at radius 1 is 1.36 bits per heavy atom. The van der Waals surface area contributed by atoms with Gasteiger partial charge in [0.25, 0.3) is 5.91 Å². The number of hydrogen-bond donors (Lipinski definition) is 1. The third-order valence-corrected chi connectivity index (χ3v) is 6.13. The number of nitrogens with zero attached hydrogens (tertiary/aromatic N) is 1. The van der Waals surface area contributed by atoms with Crippen LogP contribution in [-0.2, 0) is 16.0 Å². The lowest BCUT2D eigenvalue weighted by atomic mass is 9.81. The Kier molecular flexibility index (Phi) is 7.70. The third-order valence-electron chi connectivity index (χ3n) is 5.89. The van der Waals surface area contributed by atoms with Gasteiger partial charge in [-0.15, -0.1) is 0 Å². The molecule has 6 heteroatoms. The van der Waals surface area contributed by atoms with Crippen LogP contribution in [-0.4, -0.2) is 39.3 Å². The molecule has 0 radical (unpaired) electrons. The van der Waals surface area contributed by atoms with Crippen molar-refractivity contribution in [1.82, 2.24) is 4.90 Å². The number of thiocarbonyl (C=S) groups is 1. The van der Waals surface area contributed by atoms with Gasteiger partial charge < -0.3 is 10.0 Å². The molecule has 1 heterocycles. The third kappa shape index (κ3) is 5.37. The number of rotatable bonds is 8.